The highest BCUT2D eigenvalue weighted by atomic mass is 79.9. The zero-order valence-electron chi connectivity index (χ0n) is 11.4. The molecule has 1 unspecified atom stereocenters. The van der Waals surface area contributed by atoms with E-state index in [0.717, 1.165) is 25.7 Å². The van der Waals surface area contributed by atoms with Crippen LogP contribution in [0.2, 0.25) is 0 Å². The first-order valence-electron chi connectivity index (χ1n) is 6.73. The third kappa shape index (κ3) is 3.38. The Morgan fingerprint density at radius 2 is 2.10 bits per heavy atom. The number of halogens is 1. The lowest BCUT2D eigenvalue weighted by Crippen LogP contribution is -2.46. The quantitative estimate of drug-likeness (QED) is 0.801. The molecule has 2 rings (SSSR count). The monoisotopic (exact) mass is 365 g/mol. The van der Waals surface area contributed by atoms with Crippen molar-refractivity contribution in [1.29, 1.82) is 0 Å². The smallest absolute Gasteiger partial charge is 0.260 e. The molecule has 1 aliphatic rings. The first kappa shape index (κ1) is 15.9. The summed E-state index contributed by atoms with van der Waals surface area (Å²) in [5.74, 6) is 0.309. The number of aromatic nitrogens is 3. The lowest BCUT2D eigenvalue weighted by molar-refractivity contribution is 0.293. The topological polar surface area (TPSA) is 103 Å². The summed E-state index contributed by atoms with van der Waals surface area (Å²) in [6, 6.07) is -0.234. The maximum Gasteiger partial charge on any atom is 0.260 e. The normalized spacial score (nSPS) is 19.1. The molecule has 1 aromatic rings. The van der Waals surface area contributed by atoms with E-state index >= 15 is 0 Å². The highest BCUT2D eigenvalue weighted by Gasteiger charge is 2.30. The number of aryl methyl sites for hydroxylation is 1. The van der Waals surface area contributed by atoms with Crippen LogP contribution in [0.15, 0.2) is 9.63 Å². The molecule has 0 radical (unpaired) electrons. The van der Waals surface area contributed by atoms with Crippen molar-refractivity contribution < 1.29 is 8.42 Å². The number of hydrogen-bond donors (Lipinski definition) is 2. The summed E-state index contributed by atoms with van der Waals surface area (Å²) in [4.78, 5) is 0. The van der Waals surface area contributed by atoms with Crippen LogP contribution in [-0.2, 0) is 17.1 Å². The van der Waals surface area contributed by atoms with Crippen LogP contribution in [0.1, 0.15) is 32.1 Å². The Labute approximate surface area is 127 Å². The first-order chi connectivity index (χ1) is 9.45. The SMILES string of the molecule is Cn1nnc(Br)c1S(=O)(=O)NC(CN)C1CCCCC1. The Morgan fingerprint density at radius 3 is 2.60 bits per heavy atom. The van der Waals surface area contributed by atoms with E-state index in [2.05, 4.69) is 31.0 Å². The van der Waals surface area contributed by atoms with Crippen LogP contribution in [0.5, 0.6) is 0 Å². The first-order valence-corrected chi connectivity index (χ1v) is 9.01. The molecule has 1 heterocycles. The lowest BCUT2D eigenvalue weighted by Gasteiger charge is -2.29. The summed E-state index contributed by atoms with van der Waals surface area (Å²) in [7, 11) is -2.13. The van der Waals surface area contributed by atoms with Crippen LogP contribution in [0.4, 0.5) is 0 Å². The van der Waals surface area contributed by atoms with Crippen LogP contribution >= 0.6 is 15.9 Å². The Morgan fingerprint density at radius 1 is 1.45 bits per heavy atom. The zero-order chi connectivity index (χ0) is 14.8. The van der Waals surface area contributed by atoms with E-state index in [1.54, 1.807) is 7.05 Å². The van der Waals surface area contributed by atoms with Gasteiger partial charge in [0.05, 0.1) is 0 Å². The van der Waals surface area contributed by atoms with Gasteiger partial charge in [-0.15, -0.1) is 5.10 Å². The number of nitrogens with two attached hydrogens (primary N) is 1. The Hall–Kier alpha value is -0.510. The predicted molar refractivity (Wildman–Crippen MR) is 78.4 cm³/mol. The standard InChI is InChI=1S/C11H20BrN5O2S/c1-17-11(10(12)14-16-17)20(18,19)15-9(7-13)8-5-3-2-4-6-8/h8-9,15H,2-7,13H2,1H3. The van der Waals surface area contributed by atoms with Gasteiger partial charge >= 0.3 is 0 Å². The molecule has 0 bridgehead atoms. The molecule has 20 heavy (non-hydrogen) atoms. The van der Waals surface area contributed by atoms with Crippen molar-refractivity contribution in [2.75, 3.05) is 6.54 Å². The van der Waals surface area contributed by atoms with Gasteiger partial charge in [0.1, 0.15) is 0 Å². The van der Waals surface area contributed by atoms with Gasteiger partial charge in [-0.25, -0.2) is 17.8 Å². The predicted octanol–water partition coefficient (Wildman–Crippen LogP) is 0.763. The number of hydrogen-bond acceptors (Lipinski definition) is 5. The Kier molecular flexibility index (Phi) is 5.16. The fraction of sp³-hybridized carbons (Fsp3) is 0.818. The van der Waals surface area contributed by atoms with Crippen molar-refractivity contribution in [3.8, 4) is 0 Å². The largest absolute Gasteiger partial charge is 0.329 e. The molecule has 114 valence electrons. The van der Waals surface area contributed by atoms with Gasteiger partial charge in [0.25, 0.3) is 10.0 Å². The molecule has 0 aliphatic heterocycles. The highest BCUT2D eigenvalue weighted by molar-refractivity contribution is 9.10. The van der Waals surface area contributed by atoms with Gasteiger partial charge in [-0.2, -0.15) is 0 Å². The zero-order valence-corrected chi connectivity index (χ0v) is 13.8. The lowest BCUT2D eigenvalue weighted by atomic mass is 9.84. The maximum absolute atomic E-state index is 12.4. The van der Waals surface area contributed by atoms with Gasteiger partial charge < -0.3 is 5.73 Å². The summed E-state index contributed by atoms with van der Waals surface area (Å²) in [5.41, 5.74) is 5.76. The van der Waals surface area contributed by atoms with Crippen LogP contribution in [0, 0.1) is 5.92 Å². The van der Waals surface area contributed by atoms with Gasteiger partial charge in [-0.3, -0.25) is 0 Å². The van der Waals surface area contributed by atoms with E-state index in [1.807, 2.05) is 0 Å². The summed E-state index contributed by atoms with van der Waals surface area (Å²) in [5, 5.41) is 7.44. The molecule has 1 aliphatic carbocycles. The highest BCUT2D eigenvalue weighted by Crippen LogP contribution is 2.27. The van der Waals surface area contributed by atoms with Crippen LogP contribution in [0.3, 0.4) is 0 Å². The van der Waals surface area contributed by atoms with Gasteiger partial charge in [0.2, 0.25) is 5.03 Å². The average molecular weight is 366 g/mol. The van der Waals surface area contributed by atoms with Crippen LogP contribution in [-0.4, -0.2) is 36.0 Å². The van der Waals surface area contributed by atoms with Gasteiger partial charge in [-0.1, -0.05) is 24.5 Å². The molecule has 1 fully saturated rings. The molecule has 9 heteroatoms. The molecule has 0 aromatic carbocycles. The molecule has 0 spiro atoms. The van der Waals surface area contributed by atoms with Gasteiger partial charge in [-0.05, 0) is 34.7 Å². The summed E-state index contributed by atoms with van der Waals surface area (Å²) < 4.78 is 29.1. The molecular formula is C11H20BrN5O2S. The van der Waals surface area contributed by atoms with E-state index in [9.17, 15) is 8.42 Å². The third-order valence-electron chi connectivity index (χ3n) is 3.77. The van der Waals surface area contributed by atoms with Crippen molar-refractivity contribution in [3.05, 3.63) is 4.60 Å². The molecule has 3 N–H and O–H groups in total. The van der Waals surface area contributed by atoms with Crippen molar-refractivity contribution in [3.63, 3.8) is 0 Å². The minimum absolute atomic E-state index is 0.0340. The fourth-order valence-corrected chi connectivity index (χ4v) is 5.15. The van der Waals surface area contributed by atoms with E-state index < -0.39 is 10.0 Å². The number of nitrogens with one attached hydrogen (secondary N) is 1. The number of rotatable bonds is 5. The molecule has 1 atom stereocenters. The van der Waals surface area contributed by atoms with Crippen LogP contribution < -0.4 is 10.5 Å². The van der Waals surface area contributed by atoms with E-state index in [-0.39, 0.29) is 15.7 Å². The van der Waals surface area contributed by atoms with Gasteiger partial charge in [0.15, 0.2) is 4.60 Å². The molecule has 0 saturated heterocycles. The minimum atomic E-state index is -3.68. The molecule has 0 amide bonds. The van der Waals surface area contributed by atoms with Crippen molar-refractivity contribution in [2.45, 2.75) is 43.2 Å². The minimum Gasteiger partial charge on any atom is -0.329 e. The van der Waals surface area contributed by atoms with Crippen molar-refractivity contribution >= 4 is 26.0 Å². The second-order valence-electron chi connectivity index (χ2n) is 5.17. The molecule has 1 aromatic heterocycles. The van der Waals surface area contributed by atoms with E-state index in [0.29, 0.717) is 12.5 Å². The van der Waals surface area contributed by atoms with E-state index in [1.165, 1.54) is 11.1 Å². The average Bonchev–Trinajstić information content (AvgIpc) is 2.77. The van der Waals surface area contributed by atoms with Crippen LogP contribution in [0.25, 0.3) is 0 Å². The molecule has 7 nitrogen and oxygen atoms in total. The fourth-order valence-electron chi connectivity index (χ4n) is 2.74. The van der Waals surface area contributed by atoms with Crippen molar-refractivity contribution in [2.24, 2.45) is 18.7 Å². The van der Waals surface area contributed by atoms with Gasteiger partial charge in [0, 0.05) is 19.6 Å². The Balaban J connectivity index is 2.17. The second-order valence-corrected chi connectivity index (χ2v) is 7.55. The summed E-state index contributed by atoms with van der Waals surface area (Å²) in [6.45, 7) is 0.298. The summed E-state index contributed by atoms with van der Waals surface area (Å²) in [6.07, 6.45) is 5.54. The third-order valence-corrected chi connectivity index (χ3v) is 6.15. The molecule has 1 saturated carbocycles. The molecular weight excluding hydrogens is 346 g/mol. The summed E-state index contributed by atoms with van der Waals surface area (Å²) >= 11 is 3.12. The number of nitrogens with zero attached hydrogens (tertiary/aromatic N) is 3. The maximum atomic E-state index is 12.4. The van der Waals surface area contributed by atoms with E-state index in [4.69, 9.17) is 5.73 Å². The second kappa shape index (κ2) is 6.50. The number of sulfonamides is 1. The van der Waals surface area contributed by atoms with Crippen molar-refractivity contribution in [1.82, 2.24) is 19.7 Å². The Bertz CT molecular complexity index is 534.